The highest BCUT2D eigenvalue weighted by atomic mass is 16.5. The van der Waals surface area contributed by atoms with Crippen molar-refractivity contribution >= 4 is 12.2 Å². The predicted molar refractivity (Wildman–Crippen MR) is 83.0 cm³/mol. The smallest absolute Gasteiger partial charge is 0.407 e. The SMILES string of the molecule is C[C@]1(O)CCCN(C(=O)O)C[C@H]1NC(=O)OCc1ccccc1. The second-order valence-electron chi connectivity index (χ2n) is 5.95. The number of hydrogen-bond donors (Lipinski definition) is 3. The number of carbonyl (C=O) groups excluding carboxylic acids is 1. The van der Waals surface area contributed by atoms with Crippen molar-refractivity contribution in [3.8, 4) is 0 Å². The summed E-state index contributed by atoms with van der Waals surface area (Å²) in [5.41, 5.74) is -0.335. The maximum absolute atomic E-state index is 12.0. The molecule has 23 heavy (non-hydrogen) atoms. The number of rotatable bonds is 3. The van der Waals surface area contributed by atoms with Crippen LogP contribution in [0, 0.1) is 0 Å². The van der Waals surface area contributed by atoms with Crippen LogP contribution in [-0.2, 0) is 11.3 Å². The maximum Gasteiger partial charge on any atom is 0.407 e. The van der Waals surface area contributed by atoms with E-state index >= 15 is 0 Å². The number of alkyl carbamates (subject to hydrolysis) is 1. The van der Waals surface area contributed by atoms with Crippen LogP contribution >= 0.6 is 0 Å². The average molecular weight is 322 g/mol. The highest BCUT2D eigenvalue weighted by Crippen LogP contribution is 2.22. The van der Waals surface area contributed by atoms with Crippen LogP contribution in [0.1, 0.15) is 25.3 Å². The van der Waals surface area contributed by atoms with Crippen LogP contribution in [0.3, 0.4) is 0 Å². The van der Waals surface area contributed by atoms with Gasteiger partial charge >= 0.3 is 12.2 Å². The fraction of sp³-hybridized carbons (Fsp3) is 0.500. The van der Waals surface area contributed by atoms with E-state index < -0.39 is 23.8 Å². The fourth-order valence-corrected chi connectivity index (χ4v) is 2.59. The Bertz CT molecular complexity index is 547. The van der Waals surface area contributed by atoms with Crippen LogP contribution in [-0.4, -0.2) is 52.0 Å². The maximum atomic E-state index is 12.0. The molecule has 7 heteroatoms. The molecule has 1 aromatic rings. The summed E-state index contributed by atoms with van der Waals surface area (Å²) in [6.07, 6.45) is -0.796. The Kier molecular flexibility index (Phi) is 5.44. The van der Waals surface area contributed by atoms with Gasteiger partial charge in [-0.15, -0.1) is 0 Å². The number of aliphatic hydroxyl groups is 1. The first-order chi connectivity index (χ1) is 10.9. The highest BCUT2D eigenvalue weighted by molar-refractivity contribution is 5.68. The molecule has 0 unspecified atom stereocenters. The van der Waals surface area contributed by atoms with Gasteiger partial charge in [0, 0.05) is 13.1 Å². The molecule has 1 aliphatic heterocycles. The molecule has 7 nitrogen and oxygen atoms in total. The van der Waals surface area contributed by atoms with E-state index in [2.05, 4.69) is 5.32 Å². The molecule has 126 valence electrons. The number of ether oxygens (including phenoxy) is 1. The molecule has 0 radical (unpaired) electrons. The normalized spacial score (nSPS) is 24.6. The van der Waals surface area contributed by atoms with E-state index in [0.717, 1.165) is 5.56 Å². The molecule has 2 rings (SSSR count). The van der Waals surface area contributed by atoms with Crippen LogP contribution in [0.2, 0.25) is 0 Å². The Morgan fingerprint density at radius 1 is 1.39 bits per heavy atom. The van der Waals surface area contributed by atoms with Gasteiger partial charge < -0.3 is 25.2 Å². The molecule has 0 aromatic heterocycles. The van der Waals surface area contributed by atoms with Gasteiger partial charge in [-0.05, 0) is 25.3 Å². The van der Waals surface area contributed by atoms with E-state index in [4.69, 9.17) is 9.84 Å². The van der Waals surface area contributed by atoms with Crippen molar-refractivity contribution in [1.82, 2.24) is 10.2 Å². The summed E-state index contributed by atoms with van der Waals surface area (Å²) < 4.78 is 5.13. The lowest BCUT2D eigenvalue weighted by atomic mass is 9.92. The molecule has 2 amide bonds. The second kappa shape index (κ2) is 7.32. The van der Waals surface area contributed by atoms with E-state index in [-0.39, 0.29) is 13.2 Å². The summed E-state index contributed by atoms with van der Waals surface area (Å²) in [4.78, 5) is 24.3. The van der Waals surface area contributed by atoms with Gasteiger partial charge in [-0.25, -0.2) is 9.59 Å². The molecule has 1 heterocycles. The van der Waals surface area contributed by atoms with Crippen molar-refractivity contribution in [3.05, 3.63) is 35.9 Å². The number of nitrogens with one attached hydrogen (secondary N) is 1. The molecule has 3 N–H and O–H groups in total. The molecule has 2 atom stereocenters. The lowest BCUT2D eigenvalue weighted by molar-refractivity contribution is 0.0111. The minimum absolute atomic E-state index is 0.0305. The molecule has 1 aliphatic rings. The number of nitrogens with zero attached hydrogens (tertiary/aromatic N) is 1. The lowest BCUT2D eigenvalue weighted by Crippen LogP contribution is -2.55. The van der Waals surface area contributed by atoms with Crippen LogP contribution in [0.5, 0.6) is 0 Å². The third-order valence-corrected chi connectivity index (χ3v) is 4.04. The molecule has 1 fully saturated rings. The first-order valence-electron chi connectivity index (χ1n) is 7.56. The zero-order chi connectivity index (χ0) is 16.9. The largest absolute Gasteiger partial charge is 0.465 e. The van der Waals surface area contributed by atoms with Crippen molar-refractivity contribution in [3.63, 3.8) is 0 Å². The quantitative estimate of drug-likeness (QED) is 0.788. The third kappa shape index (κ3) is 4.85. The minimum Gasteiger partial charge on any atom is -0.465 e. The van der Waals surface area contributed by atoms with E-state index in [1.54, 1.807) is 6.92 Å². The third-order valence-electron chi connectivity index (χ3n) is 4.04. The van der Waals surface area contributed by atoms with Crippen LogP contribution in [0.15, 0.2) is 30.3 Å². The van der Waals surface area contributed by atoms with Crippen LogP contribution in [0.4, 0.5) is 9.59 Å². The summed E-state index contributed by atoms with van der Waals surface area (Å²) in [5.74, 6) is 0. The Hall–Kier alpha value is -2.28. The van der Waals surface area contributed by atoms with Crippen molar-refractivity contribution in [1.29, 1.82) is 0 Å². The minimum atomic E-state index is -1.18. The number of benzene rings is 1. The Morgan fingerprint density at radius 3 is 2.74 bits per heavy atom. The van der Waals surface area contributed by atoms with Gasteiger partial charge in [0.2, 0.25) is 0 Å². The molecule has 1 aromatic carbocycles. The number of hydrogen-bond acceptors (Lipinski definition) is 4. The number of carbonyl (C=O) groups is 2. The van der Waals surface area contributed by atoms with Crippen LogP contribution < -0.4 is 5.32 Å². The van der Waals surface area contributed by atoms with E-state index in [9.17, 15) is 14.7 Å². The van der Waals surface area contributed by atoms with Gasteiger partial charge in [0.25, 0.3) is 0 Å². The van der Waals surface area contributed by atoms with Gasteiger partial charge in [0.15, 0.2) is 0 Å². The van der Waals surface area contributed by atoms with E-state index in [1.165, 1.54) is 4.90 Å². The van der Waals surface area contributed by atoms with Gasteiger partial charge in [-0.3, -0.25) is 0 Å². The number of carboxylic acid groups (broad SMARTS) is 1. The summed E-state index contributed by atoms with van der Waals surface area (Å²) in [6, 6.07) is 8.51. The lowest BCUT2D eigenvalue weighted by Gasteiger charge is -2.32. The zero-order valence-electron chi connectivity index (χ0n) is 13.1. The van der Waals surface area contributed by atoms with Crippen molar-refractivity contribution in [2.45, 2.75) is 38.0 Å². The van der Waals surface area contributed by atoms with Gasteiger partial charge in [0.05, 0.1) is 11.6 Å². The summed E-state index contributed by atoms with van der Waals surface area (Å²) in [7, 11) is 0. The van der Waals surface area contributed by atoms with Crippen molar-refractivity contribution < 1.29 is 24.5 Å². The molecule has 1 saturated heterocycles. The molecular weight excluding hydrogens is 300 g/mol. The van der Waals surface area contributed by atoms with Crippen molar-refractivity contribution in [2.24, 2.45) is 0 Å². The zero-order valence-corrected chi connectivity index (χ0v) is 13.1. The summed E-state index contributed by atoms with van der Waals surface area (Å²) >= 11 is 0. The molecule has 0 bridgehead atoms. The molecular formula is C16H22N2O5. The van der Waals surface area contributed by atoms with Gasteiger partial charge in [-0.1, -0.05) is 30.3 Å². The molecule has 0 saturated carbocycles. The number of likely N-dealkylation sites (tertiary alicyclic amines) is 1. The molecule has 0 spiro atoms. The average Bonchev–Trinajstić information content (AvgIpc) is 2.65. The number of amides is 2. The predicted octanol–water partition coefficient (Wildman–Crippen LogP) is 1.81. The first kappa shape index (κ1) is 17.1. The first-order valence-corrected chi connectivity index (χ1v) is 7.56. The monoisotopic (exact) mass is 322 g/mol. The standard InChI is InChI=1S/C16H22N2O5/c1-16(22)8-5-9-18(15(20)21)10-13(16)17-14(19)23-11-12-6-3-2-4-7-12/h2-4,6-7,13,22H,5,8-11H2,1H3,(H,17,19)(H,20,21)/t13-,16+/m1/s1. The fourth-order valence-electron chi connectivity index (χ4n) is 2.59. The van der Waals surface area contributed by atoms with Crippen LogP contribution in [0.25, 0.3) is 0 Å². The highest BCUT2D eigenvalue weighted by Gasteiger charge is 2.38. The van der Waals surface area contributed by atoms with Crippen molar-refractivity contribution in [2.75, 3.05) is 13.1 Å². The second-order valence-corrected chi connectivity index (χ2v) is 5.95. The van der Waals surface area contributed by atoms with Gasteiger partial charge in [-0.2, -0.15) is 0 Å². The van der Waals surface area contributed by atoms with E-state index in [0.29, 0.717) is 19.4 Å². The summed E-state index contributed by atoms with van der Waals surface area (Å²) in [5, 5.41) is 22.2. The topological polar surface area (TPSA) is 99.1 Å². The Morgan fingerprint density at radius 2 is 2.09 bits per heavy atom. The molecule has 0 aliphatic carbocycles. The summed E-state index contributed by atoms with van der Waals surface area (Å²) in [6.45, 7) is 2.08. The van der Waals surface area contributed by atoms with Gasteiger partial charge in [0.1, 0.15) is 6.61 Å². The Labute approximate surface area is 134 Å². The van der Waals surface area contributed by atoms with E-state index in [1.807, 2.05) is 30.3 Å². The Balaban J connectivity index is 1.94.